The molecule has 0 aromatic heterocycles. The molecule has 0 heterocycles. The van der Waals surface area contributed by atoms with Crippen molar-refractivity contribution >= 4 is 17.1 Å². The molecule has 0 aliphatic heterocycles. The van der Waals surface area contributed by atoms with Crippen LogP contribution in [0, 0.1) is 10.1 Å². The molecule has 0 saturated heterocycles. The number of anilines is 2. The lowest BCUT2D eigenvalue weighted by molar-refractivity contribution is -0.384. The van der Waals surface area contributed by atoms with Gasteiger partial charge in [0.25, 0.3) is 5.69 Å². The third-order valence-electron chi connectivity index (χ3n) is 2.29. The van der Waals surface area contributed by atoms with Crippen LogP contribution in [0.2, 0.25) is 0 Å². The number of nitro benzene ring substituents is 1. The van der Waals surface area contributed by atoms with Crippen molar-refractivity contribution in [1.82, 2.24) is 0 Å². The lowest BCUT2D eigenvalue weighted by Crippen LogP contribution is -2.06. The number of nitrogens with zero attached hydrogens (tertiary/aromatic N) is 1. The van der Waals surface area contributed by atoms with E-state index in [1.165, 1.54) is 12.1 Å². The Kier molecular flexibility index (Phi) is 5.93. The standard InChI is InChI=1S/C12H19N3O3/c1-2-5-18-6-3-4-14-11-7-10(13)8-12(9-11)15(16)17/h7-9,14H,2-6,13H2,1H3. The molecule has 3 N–H and O–H groups in total. The molecular weight excluding hydrogens is 234 g/mol. The maximum absolute atomic E-state index is 10.7. The molecular formula is C12H19N3O3. The third-order valence-corrected chi connectivity index (χ3v) is 2.29. The summed E-state index contributed by atoms with van der Waals surface area (Å²) >= 11 is 0. The van der Waals surface area contributed by atoms with E-state index in [0.717, 1.165) is 19.4 Å². The van der Waals surface area contributed by atoms with Crippen LogP contribution in [0.4, 0.5) is 17.1 Å². The number of nitrogens with one attached hydrogen (secondary N) is 1. The minimum Gasteiger partial charge on any atom is -0.398 e. The molecule has 0 unspecified atom stereocenters. The predicted molar refractivity (Wildman–Crippen MR) is 71.7 cm³/mol. The summed E-state index contributed by atoms with van der Waals surface area (Å²) < 4.78 is 5.33. The van der Waals surface area contributed by atoms with Crippen LogP contribution in [0.25, 0.3) is 0 Å². The van der Waals surface area contributed by atoms with Crippen LogP contribution >= 0.6 is 0 Å². The summed E-state index contributed by atoms with van der Waals surface area (Å²) in [4.78, 5) is 10.2. The molecule has 1 aromatic carbocycles. The fourth-order valence-corrected chi connectivity index (χ4v) is 1.50. The largest absolute Gasteiger partial charge is 0.398 e. The number of nitrogens with two attached hydrogens (primary N) is 1. The Morgan fingerprint density at radius 3 is 2.83 bits per heavy atom. The Labute approximate surface area is 106 Å². The quantitative estimate of drug-likeness (QED) is 0.321. The number of non-ortho nitro benzene ring substituents is 1. The Morgan fingerprint density at radius 2 is 2.17 bits per heavy atom. The first-order valence-corrected chi connectivity index (χ1v) is 6.00. The molecule has 6 heteroatoms. The van der Waals surface area contributed by atoms with Crippen molar-refractivity contribution in [2.45, 2.75) is 19.8 Å². The van der Waals surface area contributed by atoms with Gasteiger partial charge >= 0.3 is 0 Å². The molecule has 0 bridgehead atoms. The summed E-state index contributed by atoms with van der Waals surface area (Å²) in [6.45, 7) is 4.21. The zero-order valence-corrected chi connectivity index (χ0v) is 10.5. The molecule has 100 valence electrons. The number of benzene rings is 1. The summed E-state index contributed by atoms with van der Waals surface area (Å²) in [5.41, 5.74) is 6.65. The van der Waals surface area contributed by atoms with Crippen LogP contribution in [0.3, 0.4) is 0 Å². The van der Waals surface area contributed by atoms with Gasteiger partial charge in [0.05, 0.1) is 4.92 Å². The minimum absolute atomic E-state index is 0.000247. The van der Waals surface area contributed by atoms with Gasteiger partial charge in [-0.3, -0.25) is 10.1 Å². The average Bonchev–Trinajstić information content (AvgIpc) is 2.33. The lowest BCUT2D eigenvalue weighted by atomic mass is 10.2. The highest BCUT2D eigenvalue weighted by Gasteiger charge is 2.07. The first kappa shape index (κ1) is 14.2. The van der Waals surface area contributed by atoms with Gasteiger partial charge in [0, 0.05) is 43.3 Å². The first-order valence-electron chi connectivity index (χ1n) is 6.00. The summed E-state index contributed by atoms with van der Waals surface area (Å²) in [5, 5.41) is 13.7. The van der Waals surface area contributed by atoms with Gasteiger partial charge in [0.1, 0.15) is 0 Å². The van der Waals surface area contributed by atoms with E-state index in [4.69, 9.17) is 10.5 Å². The van der Waals surface area contributed by atoms with Gasteiger partial charge in [-0.25, -0.2) is 0 Å². The molecule has 0 fully saturated rings. The van der Waals surface area contributed by atoms with Gasteiger partial charge in [-0.05, 0) is 18.9 Å². The van der Waals surface area contributed by atoms with E-state index < -0.39 is 4.92 Å². The maximum Gasteiger partial charge on any atom is 0.273 e. The van der Waals surface area contributed by atoms with Gasteiger partial charge in [-0.1, -0.05) is 6.92 Å². The van der Waals surface area contributed by atoms with Crippen LogP contribution in [0.1, 0.15) is 19.8 Å². The monoisotopic (exact) mass is 253 g/mol. The second-order valence-corrected chi connectivity index (χ2v) is 3.96. The summed E-state index contributed by atoms with van der Waals surface area (Å²) in [5.74, 6) is 0. The van der Waals surface area contributed by atoms with Crippen LogP contribution < -0.4 is 11.1 Å². The highest BCUT2D eigenvalue weighted by Crippen LogP contribution is 2.22. The summed E-state index contributed by atoms with van der Waals surface area (Å²) in [6, 6.07) is 4.50. The zero-order chi connectivity index (χ0) is 13.4. The van der Waals surface area contributed by atoms with Crippen molar-refractivity contribution in [3.8, 4) is 0 Å². The third kappa shape index (κ3) is 5.01. The van der Waals surface area contributed by atoms with Crippen molar-refractivity contribution in [2.75, 3.05) is 30.8 Å². The second-order valence-electron chi connectivity index (χ2n) is 3.96. The van der Waals surface area contributed by atoms with Crippen LogP contribution in [0.15, 0.2) is 18.2 Å². The molecule has 1 aromatic rings. The van der Waals surface area contributed by atoms with E-state index in [2.05, 4.69) is 12.2 Å². The molecule has 18 heavy (non-hydrogen) atoms. The van der Waals surface area contributed by atoms with Crippen LogP contribution in [-0.4, -0.2) is 24.7 Å². The molecule has 0 amide bonds. The molecule has 0 atom stereocenters. The predicted octanol–water partition coefficient (Wildman–Crippen LogP) is 2.41. The van der Waals surface area contributed by atoms with E-state index in [0.29, 0.717) is 24.5 Å². The highest BCUT2D eigenvalue weighted by molar-refractivity contribution is 5.61. The Bertz CT molecular complexity index is 396. The SMILES string of the molecule is CCCOCCCNc1cc(N)cc([N+](=O)[O-])c1. The Balaban J connectivity index is 2.40. The lowest BCUT2D eigenvalue weighted by Gasteiger charge is -2.07. The number of hydrogen-bond donors (Lipinski definition) is 2. The first-order chi connectivity index (χ1) is 8.63. The fourth-order valence-electron chi connectivity index (χ4n) is 1.50. The number of hydrogen-bond acceptors (Lipinski definition) is 5. The van der Waals surface area contributed by atoms with E-state index >= 15 is 0 Å². The Hall–Kier alpha value is -1.82. The van der Waals surface area contributed by atoms with Gasteiger partial charge in [0.2, 0.25) is 0 Å². The molecule has 1 rings (SSSR count). The summed E-state index contributed by atoms with van der Waals surface area (Å²) in [7, 11) is 0. The number of nitrogen functional groups attached to an aromatic ring is 1. The fraction of sp³-hybridized carbons (Fsp3) is 0.500. The highest BCUT2D eigenvalue weighted by atomic mass is 16.6. The number of ether oxygens (including phenoxy) is 1. The van der Waals surface area contributed by atoms with E-state index in [-0.39, 0.29) is 5.69 Å². The smallest absolute Gasteiger partial charge is 0.273 e. The van der Waals surface area contributed by atoms with Gasteiger partial charge in [-0.2, -0.15) is 0 Å². The van der Waals surface area contributed by atoms with Gasteiger partial charge in [-0.15, -0.1) is 0 Å². The molecule has 0 aliphatic rings. The normalized spacial score (nSPS) is 10.3. The van der Waals surface area contributed by atoms with Crippen LogP contribution in [0.5, 0.6) is 0 Å². The van der Waals surface area contributed by atoms with Crippen molar-refractivity contribution in [1.29, 1.82) is 0 Å². The van der Waals surface area contributed by atoms with Crippen molar-refractivity contribution in [3.05, 3.63) is 28.3 Å². The maximum atomic E-state index is 10.7. The van der Waals surface area contributed by atoms with E-state index in [1.807, 2.05) is 0 Å². The topological polar surface area (TPSA) is 90.4 Å². The van der Waals surface area contributed by atoms with Crippen molar-refractivity contribution in [2.24, 2.45) is 0 Å². The number of rotatable bonds is 8. The van der Waals surface area contributed by atoms with Gasteiger partial charge in [0.15, 0.2) is 0 Å². The molecule has 0 aliphatic carbocycles. The van der Waals surface area contributed by atoms with Crippen LogP contribution in [-0.2, 0) is 4.74 Å². The zero-order valence-electron chi connectivity index (χ0n) is 10.5. The van der Waals surface area contributed by atoms with E-state index in [1.54, 1.807) is 6.07 Å². The van der Waals surface area contributed by atoms with Crippen molar-refractivity contribution < 1.29 is 9.66 Å². The molecule has 6 nitrogen and oxygen atoms in total. The second kappa shape index (κ2) is 7.50. The molecule has 0 radical (unpaired) electrons. The average molecular weight is 253 g/mol. The summed E-state index contributed by atoms with van der Waals surface area (Å²) in [6.07, 6.45) is 1.86. The Morgan fingerprint density at radius 1 is 1.39 bits per heavy atom. The molecule has 0 spiro atoms. The van der Waals surface area contributed by atoms with E-state index in [9.17, 15) is 10.1 Å². The van der Waals surface area contributed by atoms with Crippen molar-refractivity contribution in [3.63, 3.8) is 0 Å². The molecule has 0 saturated carbocycles. The minimum atomic E-state index is -0.452. The van der Waals surface area contributed by atoms with Gasteiger partial charge < -0.3 is 15.8 Å². The number of nitro groups is 1.